The first-order valence-corrected chi connectivity index (χ1v) is 6.68. The van der Waals surface area contributed by atoms with E-state index in [9.17, 15) is 0 Å². The molecule has 1 aromatic carbocycles. The molecule has 0 spiro atoms. The monoisotopic (exact) mass is 243 g/mol. The summed E-state index contributed by atoms with van der Waals surface area (Å²) in [5.74, 6) is 0. The zero-order chi connectivity index (χ0) is 13.0. The van der Waals surface area contributed by atoms with Crippen LogP contribution in [0.3, 0.4) is 0 Å². The summed E-state index contributed by atoms with van der Waals surface area (Å²) >= 11 is 0. The Balaban J connectivity index is 2.05. The van der Waals surface area contributed by atoms with Crippen molar-refractivity contribution in [3.63, 3.8) is 0 Å². The fourth-order valence-corrected chi connectivity index (χ4v) is 2.68. The van der Waals surface area contributed by atoms with Gasteiger partial charge in [-0.2, -0.15) is 5.26 Å². The predicted molar refractivity (Wildman–Crippen MR) is 74.6 cm³/mol. The van der Waals surface area contributed by atoms with Crippen LogP contribution in [0.1, 0.15) is 36.8 Å². The van der Waals surface area contributed by atoms with Crippen LogP contribution < -0.4 is 10.6 Å². The number of benzene rings is 1. The number of hydrogen-bond donors (Lipinski definition) is 2. The van der Waals surface area contributed by atoms with E-state index in [0.29, 0.717) is 12.1 Å². The van der Waals surface area contributed by atoms with Gasteiger partial charge >= 0.3 is 0 Å². The summed E-state index contributed by atoms with van der Waals surface area (Å²) in [7, 11) is 2.04. The van der Waals surface area contributed by atoms with Gasteiger partial charge in [-0.1, -0.05) is 12.1 Å². The van der Waals surface area contributed by atoms with E-state index in [1.807, 2.05) is 19.2 Å². The van der Waals surface area contributed by atoms with Gasteiger partial charge in [0.05, 0.1) is 11.3 Å². The van der Waals surface area contributed by atoms with E-state index < -0.39 is 0 Å². The van der Waals surface area contributed by atoms with Gasteiger partial charge in [-0.15, -0.1) is 0 Å². The molecule has 0 amide bonds. The van der Waals surface area contributed by atoms with Crippen LogP contribution in [0.2, 0.25) is 0 Å². The van der Waals surface area contributed by atoms with Crippen LogP contribution in [-0.2, 0) is 0 Å². The maximum atomic E-state index is 9.15. The van der Waals surface area contributed by atoms with Crippen LogP contribution in [0, 0.1) is 18.3 Å². The van der Waals surface area contributed by atoms with Crippen LogP contribution in [0.5, 0.6) is 0 Å². The zero-order valence-electron chi connectivity index (χ0n) is 11.2. The van der Waals surface area contributed by atoms with E-state index in [1.165, 1.54) is 25.7 Å². The lowest BCUT2D eigenvalue weighted by atomic mass is 9.90. The molecular formula is C15H21N3. The second-order valence-electron chi connectivity index (χ2n) is 5.09. The van der Waals surface area contributed by atoms with Gasteiger partial charge in [0.1, 0.15) is 6.07 Å². The second-order valence-corrected chi connectivity index (χ2v) is 5.09. The molecule has 0 unspecified atom stereocenters. The molecule has 0 aromatic heterocycles. The number of anilines is 1. The Morgan fingerprint density at radius 1 is 1.17 bits per heavy atom. The lowest BCUT2D eigenvalue weighted by molar-refractivity contribution is 0.371. The quantitative estimate of drug-likeness (QED) is 0.858. The van der Waals surface area contributed by atoms with E-state index >= 15 is 0 Å². The molecule has 96 valence electrons. The van der Waals surface area contributed by atoms with E-state index in [0.717, 1.165) is 16.8 Å². The van der Waals surface area contributed by atoms with Crippen LogP contribution in [0.25, 0.3) is 0 Å². The highest BCUT2D eigenvalue weighted by Gasteiger charge is 2.20. The molecule has 3 heteroatoms. The number of nitrogens with one attached hydrogen (secondary N) is 2. The first kappa shape index (κ1) is 12.9. The molecule has 2 rings (SSSR count). The molecule has 0 heterocycles. The first-order chi connectivity index (χ1) is 8.74. The van der Waals surface area contributed by atoms with E-state index in [-0.39, 0.29) is 0 Å². The van der Waals surface area contributed by atoms with Crippen molar-refractivity contribution in [2.45, 2.75) is 44.7 Å². The molecule has 1 aliphatic rings. The zero-order valence-corrected chi connectivity index (χ0v) is 11.2. The Morgan fingerprint density at radius 3 is 2.44 bits per heavy atom. The van der Waals surface area contributed by atoms with Gasteiger partial charge in [-0.05, 0) is 51.3 Å². The number of rotatable bonds is 3. The Morgan fingerprint density at radius 2 is 1.83 bits per heavy atom. The standard InChI is InChI=1S/C15H21N3/c1-11-4-3-5-12(10-16)15(11)18-14-8-6-13(17-2)7-9-14/h3-5,13-14,17-18H,6-9H2,1-2H3. The average molecular weight is 243 g/mol. The van der Waals surface area contributed by atoms with Crippen LogP contribution in [0.15, 0.2) is 18.2 Å². The Bertz CT molecular complexity index is 440. The van der Waals surface area contributed by atoms with Gasteiger partial charge < -0.3 is 10.6 Å². The van der Waals surface area contributed by atoms with Gasteiger partial charge in [0.2, 0.25) is 0 Å². The molecule has 1 fully saturated rings. The van der Waals surface area contributed by atoms with E-state index in [4.69, 9.17) is 5.26 Å². The largest absolute Gasteiger partial charge is 0.381 e. The Hall–Kier alpha value is -1.53. The van der Waals surface area contributed by atoms with Crippen molar-refractivity contribution in [3.8, 4) is 6.07 Å². The minimum Gasteiger partial charge on any atom is -0.381 e. The predicted octanol–water partition coefficient (Wildman–Crippen LogP) is 2.81. The fraction of sp³-hybridized carbons (Fsp3) is 0.533. The van der Waals surface area contributed by atoms with Crippen molar-refractivity contribution >= 4 is 5.69 Å². The fourth-order valence-electron chi connectivity index (χ4n) is 2.68. The molecule has 0 atom stereocenters. The highest BCUT2D eigenvalue weighted by molar-refractivity contribution is 5.62. The molecule has 0 radical (unpaired) electrons. The number of nitriles is 1. The third-order valence-electron chi connectivity index (χ3n) is 3.88. The van der Waals surface area contributed by atoms with Gasteiger partial charge in [0.15, 0.2) is 0 Å². The van der Waals surface area contributed by atoms with Gasteiger partial charge in [0, 0.05) is 12.1 Å². The number of nitrogens with zero attached hydrogens (tertiary/aromatic N) is 1. The van der Waals surface area contributed by atoms with Crippen LogP contribution in [-0.4, -0.2) is 19.1 Å². The van der Waals surface area contributed by atoms with Crippen molar-refractivity contribution < 1.29 is 0 Å². The molecule has 2 N–H and O–H groups in total. The van der Waals surface area contributed by atoms with Crippen LogP contribution in [0.4, 0.5) is 5.69 Å². The lowest BCUT2D eigenvalue weighted by Gasteiger charge is -2.30. The third-order valence-corrected chi connectivity index (χ3v) is 3.88. The van der Waals surface area contributed by atoms with Crippen molar-refractivity contribution in [3.05, 3.63) is 29.3 Å². The van der Waals surface area contributed by atoms with Gasteiger partial charge in [-0.3, -0.25) is 0 Å². The average Bonchev–Trinajstić information content (AvgIpc) is 2.42. The van der Waals surface area contributed by atoms with Crippen molar-refractivity contribution in [1.82, 2.24) is 5.32 Å². The maximum Gasteiger partial charge on any atom is 0.101 e. The first-order valence-electron chi connectivity index (χ1n) is 6.68. The van der Waals surface area contributed by atoms with E-state index in [1.54, 1.807) is 0 Å². The number of hydrogen-bond acceptors (Lipinski definition) is 3. The topological polar surface area (TPSA) is 47.8 Å². The molecule has 0 saturated heterocycles. The molecule has 1 saturated carbocycles. The summed E-state index contributed by atoms with van der Waals surface area (Å²) in [5, 5.41) is 16.1. The molecule has 1 aliphatic carbocycles. The highest BCUT2D eigenvalue weighted by Crippen LogP contribution is 2.26. The van der Waals surface area contributed by atoms with Gasteiger partial charge in [0.25, 0.3) is 0 Å². The summed E-state index contributed by atoms with van der Waals surface area (Å²) in [6, 6.07) is 9.32. The highest BCUT2D eigenvalue weighted by atomic mass is 14.9. The minimum absolute atomic E-state index is 0.503. The summed E-state index contributed by atoms with van der Waals surface area (Å²) in [6.07, 6.45) is 4.76. The molecule has 0 bridgehead atoms. The molecule has 1 aromatic rings. The minimum atomic E-state index is 0.503. The van der Waals surface area contributed by atoms with Crippen molar-refractivity contribution in [2.24, 2.45) is 0 Å². The molecule has 0 aliphatic heterocycles. The Labute approximate surface area is 109 Å². The normalized spacial score (nSPS) is 23.4. The summed E-state index contributed by atoms with van der Waals surface area (Å²) in [5.41, 5.74) is 2.93. The molecule has 18 heavy (non-hydrogen) atoms. The van der Waals surface area contributed by atoms with Gasteiger partial charge in [-0.25, -0.2) is 0 Å². The SMILES string of the molecule is CNC1CCC(Nc2c(C)cccc2C#N)CC1. The van der Waals surface area contributed by atoms with E-state index in [2.05, 4.69) is 29.7 Å². The molecule has 3 nitrogen and oxygen atoms in total. The number of aryl methyl sites for hydroxylation is 1. The van der Waals surface area contributed by atoms with Crippen molar-refractivity contribution in [1.29, 1.82) is 5.26 Å². The molecular weight excluding hydrogens is 222 g/mol. The third kappa shape index (κ3) is 2.83. The van der Waals surface area contributed by atoms with Crippen molar-refractivity contribution in [2.75, 3.05) is 12.4 Å². The number of para-hydroxylation sites is 1. The summed E-state index contributed by atoms with van der Waals surface area (Å²) in [6.45, 7) is 2.06. The summed E-state index contributed by atoms with van der Waals surface area (Å²) in [4.78, 5) is 0. The van der Waals surface area contributed by atoms with Crippen LogP contribution >= 0.6 is 0 Å². The Kier molecular flexibility index (Phi) is 4.22. The second kappa shape index (κ2) is 5.88. The maximum absolute atomic E-state index is 9.15. The smallest absolute Gasteiger partial charge is 0.101 e. The summed E-state index contributed by atoms with van der Waals surface area (Å²) < 4.78 is 0. The lowest BCUT2D eigenvalue weighted by Crippen LogP contribution is -2.35.